The molecule has 5 heteroatoms. The summed E-state index contributed by atoms with van der Waals surface area (Å²) in [6, 6.07) is 8.48. The summed E-state index contributed by atoms with van der Waals surface area (Å²) in [5.41, 5.74) is 2.16. The molecule has 0 spiro atoms. The SMILES string of the molecule is N#Cc1cc2ccc(C(=O)NC3CC4CC3CN4)cn2c1. The lowest BCUT2D eigenvalue weighted by molar-refractivity contribution is 0.0924. The van der Waals surface area contributed by atoms with Crippen molar-refractivity contribution in [3.8, 4) is 6.07 Å². The van der Waals surface area contributed by atoms with Crippen LogP contribution in [0.5, 0.6) is 0 Å². The van der Waals surface area contributed by atoms with Gasteiger partial charge in [0.25, 0.3) is 5.91 Å². The van der Waals surface area contributed by atoms with Crippen LogP contribution in [0.15, 0.2) is 30.6 Å². The van der Waals surface area contributed by atoms with Gasteiger partial charge >= 0.3 is 0 Å². The molecule has 21 heavy (non-hydrogen) atoms. The lowest BCUT2D eigenvalue weighted by Gasteiger charge is -2.23. The van der Waals surface area contributed by atoms with Crippen LogP contribution in [0.3, 0.4) is 0 Å². The van der Waals surface area contributed by atoms with Crippen molar-refractivity contribution in [2.75, 3.05) is 6.54 Å². The van der Waals surface area contributed by atoms with E-state index in [1.165, 1.54) is 6.42 Å². The molecule has 0 aromatic carbocycles. The van der Waals surface area contributed by atoms with Gasteiger partial charge in [-0.05, 0) is 37.0 Å². The van der Waals surface area contributed by atoms with Gasteiger partial charge in [-0.25, -0.2) is 0 Å². The molecule has 1 aliphatic carbocycles. The van der Waals surface area contributed by atoms with E-state index in [0.717, 1.165) is 18.5 Å². The second kappa shape index (κ2) is 4.61. The Bertz CT molecular complexity index is 757. The van der Waals surface area contributed by atoms with Gasteiger partial charge in [-0.15, -0.1) is 0 Å². The number of hydrogen-bond donors (Lipinski definition) is 2. The van der Waals surface area contributed by atoms with E-state index in [4.69, 9.17) is 5.26 Å². The molecule has 1 saturated carbocycles. The van der Waals surface area contributed by atoms with Gasteiger partial charge in [0.05, 0.1) is 11.1 Å². The Morgan fingerprint density at radius 2 is 2.29 bits per heavy atom. The number of nitriles is 1. The van der Waals surface area contributed by atoms with Crippen LogP contribution in [0.4, 0.5) is 0 Å². The first-order chi connectivity index (χ1) is 10.2. The van der Waals surface area contributed by atoms with Gasteiger partial charge < -0.3 is 15.0 Å². The predicted molar refractivity (Wildman–Crippen MR) is 77.9 cm³/mol. The maximum atomic E-state index is 12.4. The number of piperidine rings is 1. The second-order valence-corrected chi connectivity index (χ2v) is 6.01. The van der Waals surface area contributed by atoms with Crippen molar-refractivity contribution in [1.29, 1.82) is 5.26 Å². The van der Waals surface area contributed by atoms with Gasteiger partial charge in [0.15, 0.2) is 0 Å². The van der Waals surface area contributed by atoms with Crippen LogP contribution in [-0.4, -0.2) is 28.9 Å². The van der Waals surface area contributed by atoms with Crippen molar-refractivity contribution in [2.45, 2.75) is 24.9 Å². The van der Waals surface area contributed by atoms with E-state index in [2.05, 4.69) is 16.7 Å². The van der Waals surface area contributed by atoms with E-state index >= 15 is 0 Å². The highest BCUT2D eigenvalue weighted by Crippen LogP contribution is 2.31. The first kappa shape index (κ1) is 12.4. The third kappa shape index (κ3) is 2.08. The fourth-order valence-corrected chi connectivity index (χ4v) is 3.57. The Morgan fingerprint density at radius 3 is 3.00 bits per heavy atom. The number of fused-ring (bicyclic) bond motifs is 3. The molecule has 2 N–H and O–H groups in total. The van der Waals surface area contributed by atoms with Crippen LogP contribution in [0.1, 0.15) is 28.8 Å². The maximum absolute atomic E-state index is 12.4. The minimum Gasteiger partial charge on any atom is -0.349 e. The van der Waals surface area contributed by atoms with E-state index in [9.17, 15) is 4.79 Å². The van der Waals surface area contributed by atoms with Crippen LogP contribution in [0, 0.1) is 17.2 Å². The molecule has 3 atom stereocenters. The first-order valence-electron chi connectivity index (χ1n) is 7.29. The third-order valence-electron chi connectivity index (χ3n) is 4.66. The molecule has 4 rings (SSSR count). The summed E-state index contributed by atoms with van der Waals surface area (Å²) in [5.74, 6) is 0.543. The predicted octanol–water partition coefficient (Wildman–Crippen LogP) is 1.29. The zero-order valence-electron chi connectivity index (χ0n) is 11.5. The van der Waals surface area contributed by atoms with Crippen molar-refractivity contribution in [2.24, 2.45) is 5.92 Å². The summed E-state index contributed by atoms with van der Waals surface area (Å²) in [6.45, 7) is 1.01. The first-order valence-corrected chi connectivity index (χ1v) is 7.29. The molecule has 2 aliphatic rings. The molecule has 2 fully saturated rings. The Hall–Kier alpha value is -2.32. The molecule has 0 radical (unpaired) electrons. The smallest absolute Gasteiger partial charge is 0.253 e. The number of pyridine rings is 1. The average molecular weight is 280 g/mol. The number of nitrogens with zero attached hydrogens (tertiary/aromatic N) is 2. The molecule has 1 amide bonds. The quantitative estimate of drug-likeness (QED) is 0.871. The summed E-state index contributed by atoms with van der Waals surface area (Å²) >= 11 is 0. The molecule has 5 nitrogen and oxygen atoms in total. The number of carbonyl (C=O) groups is 1. The van der Waals surface area contributed by atoms with Crippen LogP contribution >= 0.6 is 0 Å². The average Bonchev–Trinajstić information content (AvgIpc) is 3.20. The van der Waals surface area contributed by atoms with Crippen molar-refractivity contribution >= 4 is 11.4 Å². The van der Waals surface area contributed by atoms with Gasteiger partial charge in [-0.2, -0.15) is 5.26 Å². The summed E-state index contributed by atoms with van der Waals surface area (Å²) < 4.78 is 1.83. The Kier molecular flexibility index (Phi) is 2.72. The third-order valence-corrected chi connectivity index (χ3v) is 4.66. The van der Waals surface area contributed by atoms with Crippen molar-refractivity contribution in [3.05, 3.63) is 41.7 Å². The lowest BCUT2D eigenvalue weighted by atomic mass is 10.0. The fourth-order valence-electron chi connectivity index (χ4n) is 3.57. The molecule has 106 valence electrons. The van der Waals surface area contributed by atoms with Crippen molar-refractivity contribution < 1.29 is 4.79 Å². The van der Waals surface area contributed by atoms with E-state index in [-0.39, 0.29) is 5.91 Å². The zero-order valence-corrected chi connectivity index (χ0v) is 11.5. The number of aromatic nitrogens is 1. The molecule has 3 heterocycles. The largest absolute Gasteiger partial charge is 0.349 e. The Morgan fingerprint density at radius 1 is 1.38 bits per heavy atom. The maximum Gasteiger partial charge on any atom is 0.253 e. The number of rotatable bonds is 2. The van der Waals surface area contributed by atoms with Gasteiger partial charge in [0.1, 0.15) is 6.07 Å². The van der Waals surface area contributed by atoms with E-state index in [0.29, 0.717) is 29.1 Å². The highest BCUT2D eigenvalue weighted by atomic mass is 16.1. The van der Waals surface area contributed by atoms with Gasteiger partial charge in [0, 0.05) is 36.5 Å². The number of hydrogen-bond acceptors (Lipinski definition) is 3. The summed E-state index contributed by atoms with van der Waals surface area (Å²) in [4.78, 5) is 12.4. The summed E-state index contributed by atoms with van der Waals surface area (Å²) in [7, 11) is 0. The Labute approximate surface area is 122 Å². The van der Waals surface area contributed by atoms with E-state index in [1.807, 2.05) is 22.6 Å². The lowest BCUT2D eigenvalue weighted by Crippen LogP contribution is -2.44. The normalized spacial score (nSPS) is 26.9. The minimum absolute atomic E-state index is 0.0262. The van der Waals surface area contributed by atoms with Gasteiger partial charge in [-0.1, -0.05) is 0 Å². The molecule has 2 aromatic heterocycles. The minimum atomic E-state index is -0.0262. The highest BCUT2D eigenvalue weighted by molar-refractivity contribution is 5.94. The highest BCUT2D eigenvalue weighted by Gasteiger charge is 2.40. The summed E-state index contributed by atoms with van der Waals surface area (Å²) in [6.07, 6.45) is 5.73. The molecule has 3 unspecified atom stereocenters. The van der Waals surface area contributed by atoms with Crippen LogP contribution in [-0.2, 0) is 0 Å². The van der Waals surface area contributed by atoms with Crippen molar-refractivity contribution in [3.63, 3.8) is 0 Å². The van der Waals surface area contributed by atoms with E-state index in [1.54, 1.807) is 12.4 Å². The zero-order chi connectivity index (χ0) is 14.4. The number of nitrogens with one attached hydrogen (secondary N) is 2. The Balaban J connectivity index is 1.55. The summed E-state index contributed by atoms with van der Waals surface area (Å²) in [5, 5.41) is 15.5. The van der Waals surface area contributed by atoms with Gasteiger partial charge in [-0.3, -0.25) is 4.79 Å². The van der Waals surface area contributed by atoms with Crippen LogP contribution in [0.25, 0.3) is 5.52 Å². The molecule has 1 aliphatic heterocycles. The van der Waals surface area contributed by atoms with Gasteiger partial charge in [0.2, 0.25) is 0 Å². The molecule has 2 bridgehead atoms. The second-order valence-electron chi connectivity index (χ2n) is 6.01. The van der Waals surface area contributed by atoms with Crippen LogP contribution < -0.4 is 10.6 Å². The molecule has 1 saturated heterocycles. The number of amides is 1. The topological polar surface area (TPSA) is 69.3 Å². The van der Waals surface area contributed by atoms with Crippen molar-refractivity contribution in [1.82, 2.24) is 15.0 Å². The molecular weight excluding hydrogens is 264 g/mol. The standard InChI is InChI=1S/C16H16N4O/c17-6-10-3-14-2-1-11(9-20(14)8-10)16(21)19-15-5-13-4-12(15)7-18-13/h1-3,8-9,12-13,15,18H,4-5,7H2,(H,19,21). The molecule has 2 aromatic rings. The molecular formula is C16H16N4O. The number of carbonyl (C=O) groups excluding carboxylic acids is 1. The fraction of sp³-hybridized carbons (Fsp3) is 0.375. The van der Waals surface area contributed by atoms with E-state index < -0.39 is 0 Å². The van der Waals surface area contributed by atoms with Crippen LogP contribution in [0.2, 0.25) is 0 Å². The monoisotopic (exact) mass is 280 g/mol.